The van der Waals surface area contributed by atoms with E-state index in [9.17, 15) is 4.79 Å². The molecule has 4 nitrogen and oxygen atoms in total. The standard InChI is InChI=1S/C11H15N3O/c12-10-2-4-14-7-9(10)5-11(15)8-1-3-13-6-8/h2,4,7-8,13H,1,3,5-6H2,(H2,12,14). The summed E-state index contributed by atoms with van der Waals surface area (Å²) in [6, 6.07) is 1.73. The van der Waals surface area contributed by atoms with Crippen molar-refractivity contribution in [2.75, 3.05) is 18.8 Å². The molecule has 0 aliphatic carbocycles. The fourth-order valence-corrected chi connectivity index (χ4v) is 1.85. The summed E-state index contributed by atoms with van der Waals surface area (Å²) < 4.78 is 0. The van der Waals surface area contributed by atoms with Crippen molar-refractivity contribution in [1.29, 1.82) is 0 Å². The van der Waals surface area contributed by atoms with Crippen LogP contribution in [0.15, 0.2) is 18.5 Å². The van der Waals surface area contributed by atoms with Gasteiger partial charge in [-0.3, -0.25) is 9.78 Å². The Balaban J connectivity index is 2.02. The Kier molecular flexibility index (Phi) is 2.97. The van der Waals surface area contributed by atoms with Gasteiger partial charge in [0.15, 0.2) is 0 Å². The first kappa shape index (κ1) is 10.1. The lowest BCUT2D eigenvalue weighted by atomic mass is 9.97. The van der Waals surface area contributed by atoms with Crippen LogP contribution in [0.3, 0.4) is 0 Å². The molecule has 1 aliphatic heterocycles. The van der Waals surface area contributed by atoms with E-state index in [-0.39, 0.29) is 11.7 Å². The van der Waals surface area contributed by atoms with E-state index < -0.39 is 0 Å². The average molecular weight is 205 g/mol. The predicted octanol–water partition coefficient (Wildman–Crippen LogP) is 0.385. The predicted molar refractivity (Wildman–Crippen MR) is 58.3 cm³/mol. The Morgan fingerprint density at radius 1 is 1.67 bits per heavy atom. The van der Waals surface area contributed by atoms with Crippen molar-refractivity contribution < 1.29 is 4.79 Å². The van der Waals surface area contributed by atoms with Crippen molar-refractivity contribution in [3.8, 4) is 0 Å². The molecule has 0 radical (unpaired) electrons. The quantitative estimate of drug-likeness (QED) is 0.748. The van der Waals surface area contributed by atoms with Gasteiger partial charge < -0.3 is 11.1 Å². The first-order chi connectivity index (χ1) is 7.27. The molecule has 1 unspecified atom stereocenters. The monoisotopic (exact) mass is 205 g/mol. The van der Waals surface area contributed by atoms with E-state index in [2.05, 4.69) is 10.3 Å². The zero-order valence-electron chi connectivity index (χ0n) is 8.57. The molecule has 0 amide bonds. The van der Waals surface area contributed by atoms with Crippen molar-refractivity contribution >= 4 is 11.5 Å². The second-order valence-corrected chi connectivity index (χ2v) is 3.91. The minimum atomic E-state index is 0.157. The van der Waals surface area contributed by atoms with Gasteiger partial charge in [0, 0.05) is 42.5 Å². The number of aromatic nitrogens is 1. The highest BCUT2D eigenvalue weighted by Crippen LogP contribution is 2.15. The Hall–Kier alpha value is -1.42. The van der Waals surface area contributed by atoms with Crippen LogP contribution in [-0.2, 0) is 11.2 Å². The maximum atomic E-state index is 11.8. The molecule has 0 aromatic carbocycles. The lowest BCUT2D eigenvalue weighted by molar-refractivity contribution is -0.121. The van der Waals surface area contributed by atoms with Crippen molar-refractivity contribution in [1.82, 2.24) is 10.3 Å². The molecule has 1 aliphatic rings. The van der Waals surface area contributed by atoms with Crippen LogP contribution in [0, 0.1) is 5.92 Å². The minimum absolute atomic E-state index is 0.157. The Morgan fingerprint density at radius 2 is 2.53 bits per heavy atom. The van der Waals surface area contributed by atoms with Crippen LogP contribution in [0.4, 0.5) is 5.69 Å². The fourth-order valence-electron chi connectivity index (χ4n) is 1.85. The van der Waals surface area contributed by atoms with Crippen molar-refractivity contribution in [3.63, 3.8) is 0 Å². The number of rotatable bonds is 3. The van der Waals surface area contributed by atoms with Crippen LogP contribution in [0.5, 0.6) is 0 Å². The molecular weight excluding hydrogens is 190 g/mol. The molecule has 1 atom stereocenters. The maximum Gasteiger partial charge on any atom is 0.141 e. The van der Waals surface area contributed by atoms with Gasteiger partial charge in [0.1, 0.15) is 5.78 Å². The zero-order chi connectivity index (χ0) is 10.7. The maximum absolute atomic E-state index is 11.8. The summed E-state index contributed by atoms with van der Waals surface area (Å²) in [4.78, 5) is 15.8. The zero-order valence-corrected chi connectivity index (χ0v) is 8.57. The van der Waals surface area contributed by atoms with Gasteiger partial charge in [0.2, 0.25) is 0 Å². The molecule has 3 N–H and O–H groups in total. The molecule has 0 bridgehead atoms. The van der Waals surface area contributed by atoms with Crippen LogP contribution >= 0.6 is 0 Å². The number of nitrogens with zero attached hydrogens (tertiary/aromatic N) is 1. The van der Waals surface area contributed by atoms with Crippen molar-refractivity contribution in [2.45, 2.75) is 12.8 Å². The average Bonchev–Trinajstić information content (AvgIpc) is 2.74. The SMILES string of the molecule is Nc1ccncc1CC(=O)C1CCNC1. The number of nitrogen functional groups attached to an aromatic ring is 1. The van der Waals surface area contributed by atoms with Gasteiger partial charge in [-0.25, -0.2) is 0 Å². The highest BCUT2D eigenvalue weighted by Gasteiger charge is 2.22. The third-order valence-electron chi connectivity index (χ3n) is 2.82. The summed E-state index contributed by atoms with van der Waals surface area (Å²) >= 11 is 0. The van der Waals surface area contributed by atoms with Crippen LogP contribution < -0.4 is 11.1 Å². The molecule has 1 aromatic rings. The number of carbonyl (C=O) groups is 1. The molecule has 1 fully saturated rings. The lowest BCUT2D eigenvalue weighted by Crippen LogP contribution is -2.20. The molecule has 0 saturated carbocycles. The first-order valence-electron chi connectivity index (χ1n) is 5.19. The number of hydrogen-bond acceptors (Lipinski definition) is 4. The highest BCUT2D eigenvalue weighted by molar-refractivity contribution is 5.84. The summed E-state index contributed by atoms with van der Waals surface area (Å²) in [5.41, 5.74) is 7.26. The lowest BCUT2D eigenvalue weighted by Gasteiger charge is -2.08. The van der Waals surface area contributed by atoms with E-state index in [1.54, 1.807) is 18.5 Å². The highest BCUT2D eigenvalue weighted by atomic mass is 16.1. The molecule has 0 spiro atoms. The number of hydrogen-bond donors (Lipinski definition) is 2. The van der Waals surface area contributed by atoms with Gasteiger partial charge in [-0.2, -0.15) is 0 Å². The summed E-state index contributed by atoms with van der Waals surface area (Å²) in [5.74, 6) is 0.421. The summed E-state index contributed by atoms with van der Waals surface area (Å²) in [6.07, 6.45) is 4.67. The van der Waals surface area contributed by atoms with E-state index in [1.165, 1.54) is 0 Å². The smallest absolute Gasteiger partial charge is 0.141 e. The number of anilines is 1. The Bertz CT molecular complexity index is 359. The molecule has 4 heteroatoms. The fraction of sp³-hybridized carbons (Fsp3) is 0.455. The molecule has 15 heavy (non-hydrogen) atoms. The van der Waals surface area contributed by atoms with E-state index >= 15 is 0 Å². The van der Waals surface area contributed by atoms with Gasteiger partial charge in [-0.15, -0.1) is 0 Å². The Morgan fingerprint density at radius 3 is 3.20 bits per heavy atom. The molecule has 1 aromatic heterocycles. The largest absolute Gasteiger partial charge is 0.398 e. The van der Waals surface area contributed by atoms with Gasteiger partial charge in [-0.05, 0) is 19.0 Å². The second kappa shape index (κ2) is 4.40. The van der Waals surface area contributed by atoms with Crippen LogP contribution in [0.25, 0.3) is 0 Å². The molecule has 1 saturated heterocycles. The van der Waals surface area contributed by atoms with Crippen molar-refractivity contribution in [2.24, 2.45) is 5.92 Å². The number of nitrogens with one attached hydrogen (secondary N) is 1. The van der Waals surface area contributed by atoms with E-state index in [4.69, 9.17) is 5.73 Å². The number of Topliss-reactive ketones (excluding diaryl/α,β-unsaturated/α-hetero) is 1. The molecule has 2 heterocycles. The number of pyridine rings is 1. The summed E-state index contributed by atoms with van der Waals surface area (Å²) in [6.45, 7) is 1.75. The Labute approximate surface area is 88.9 Å². The third-order valence-corrected chi connectivity index (χ3v) is 2.82. The molecule has 2 rings (SSSR count). The van der Waals surface area contributed by atoms with E-state index in [0.29, 0.717) is 12.1 Å². The number of ketones is 1. The van der Waals surface area contributed by atoms with Crippen molar-refractivity contribution in [3.05, 3.63) is 24.0 Å². The van der Waals surface area contributed by atoms with Gasteiger partial charge >= 0.3 is 0 Å². The van der Waals surface area contributed by atoms with Gasteiger partial charge in [0.25, 0.3) is 0 Å². The summed E-state index contributed by atoms with van der Waals surface area (Å²) in [5, 5.41) is 3.19. The number of carbonyl (C=O) groups excluding carboxylic acids is 1. The van der Waals surface area contributed by atoms with Gasteiger partial charge in [-0.1, -0.05) is 0 Å². The van der Waals surface area contributed by atoms with Crippen LogP contribution in [0.2, 0.25) is 0 Å². The second-order valence-electron chi connectivity index (χ2n) is 3.91. The van der Waals surface area contributed by atoms with E-state index in [1.807, 2.05) is 0 Å². The topological polar surface area (TPSA) is 68.0 Å². The summed E-state index contributed by atoms with van der Waals surface area (Å²) in [7, 11) is 0. The van der Waals surface area contributed by atoms with Gasteiger partial charge in [0.05, 0.1) is 0 Å². The first-order valence-corrected chi connectivity index (χ1v) is 5.19. The van der Waals surface area contributed by atoms with Crippen LogP contribution in [-0.4, -0.2) is 23.9 Å². The van der Waals surface area contributed by atoms with E-state index in [0.717, 1.165) is 25.1 Å². The molecule has 80 valence electrons. The third kappa shape index (κ3) is 2.33. The molecular formula is C11H15N3O. The number of nitrogens with two attached hydrogens (primary N) is 1. The van der Waals surface area contributed by atoms with Crippen LogP contribution in [0.1, 0.15) is 12.0 Å². The normalized spacial score (nSPS) is 20.4. The minimum Gasteiger partial charge on any atom is -0.398 e.